The Morgan fingerprint density at radius 3 is 2.80 bits per heavy atom. The van der Waals surface area contributed by atoms with Crippen molar-refractivity contribution < 1.29 is 4.79 Å². The Morgan fingerprint density at radius 1 is 1.35 bits per heavy atom. The van der Waals surface area contributed by atoms with Crippen LogP contribution in [0.2, 0.25) is 0 Å². The molecule has 1 aliphatic carbocycles. The normalized spacial score (nSPS) is 22.0. The van der Waals surface area contributed by atoms with Crippen LogP contribution in [0.25, 0.3) is 0 Å². The van der Waals surface area contributed by atoms with E-state index in [1.807, 2.05) is 24.8 Å². The van der Waals surface area contributed by atoms with Crippen LogP contribution in [0.1, 0.15) is 47.4 Å². The Kier molecular flexibility index (Phi) is 3.70. The first-order valence-electron chi connectivity index (χ1n) is 7.50. The Labute approximate surface area is 119 Å². The van der Waals surface area contributed by atoms with Crippen molar-refractivity contribution >= 4 is 5.91 Å². The van der Waals surface area contributed by atoms with E-state index in [2.05, 4.69) is 15.5 Å². The van der Waals surface area contributed by atoms with E-state index in [-0.39, 0.29) is 5.91 Å². The summed E-state index contributed by atoms with van der Waals surface area (Å²) in [5.74, 6) is 0.122. The molecule has 1 unspecified atom stereocenters. The Balaban J connectivity index is 1.79. The summed E-state index contributed by atoms with van der Waals surface area (Å²) in [4.78, 5) is 14.9. The molecule has 1 amide bonds. The molecule has 1 atom stereocenters. The van der Waals surface area contributed by atoms with Crippen molar-refractivity contribution in [1.82, 2.24) is 20.4 Å². The van der Waals surface area contributed by atoms with Gasteiger partial charge in [0.2, 0.25) is 0 Å². The highest BCUT2D eigenvalue weighted by Gasteiger charge is 2.35. The van der Waals surface area contributed by atoms with Crippen LogP contribution in [-0.4, -0.2) is 46.2 Å². The first-order valence-corrected chi connectivity index (χ1v) is 7.50. The molecule has 0 aromatic carbocycles. The molecule has 1 aliphatic heterocycles. The van der Waals surface area contributed by atoms with Gasteiger partial charge in [0.25, 0.3) is 5.91 Å². The van der Waals surface area contributed by atoms with Gasteiger partial charge >= 0.3 is 0 Å². The quantitative estimate of drug-likeness (QED) is 0.903. The van der Waals surface area contributed by atoms with Crippen LogP contribution in [-0.2, 0) is 0 Å². The maximum atomic E-state index is 12.8. The van der Waals surface area contributed by atoms with Gasteiger partial charge in [-0.15, -0.1) is 0 Å². The monoisotopic (exact) mass is 274 g/mol. The second kappa shape index (κ2) is 5.48. The van der Waals surface area contributed by atoms with Crippen molar-refractivity contribution in [2.45, 2.75) is 51.6 Å². The number of hydrogen-bond acceptors (Lipinski definition) is 4. The van der Waals surface area contributed by atoms with Gasteiger partial charge in [-0.05, 0) is 52.1 Å². The van der Waals surface area contributed by atoms with E-state index in [9.17, 15) is 4.79 Å². The maximum absolute atomic E-state index is 12.8. The fraction of sp³-hybridized carbons (Fsp3) is 0.667. The number of carbonyl (C=O) groups is 1. The van der Waals surface area contributed by atoms with E-state index >= 15 is 0 Å². The van der Waals surface area contributed by atoms with E-state index in [4.69, 9.17) is 0 Å². The van der Waals surface area contributed by atoms with Gasteiger partial charge in [0.05, 0.1) is 17.0 Å². The molecule has 5 nitrogen and oxygen atoms in total. The molecule has 20 heavy (non-hydrogen) atoms. The van der Waals surface area contributed by atoms with Gasteiger partial charge in [-0.1, -0.05) is 0 Å². The summed E-state index contributed by atoms with van der Waals surface area (Å²) in [5.41, 5.74) is 2.24. The smallest absolute Gasteiger partial charge is 0.256 e. The predicted molar refractivity (Wildman–Crippen MR) is 76.6 cm³/mol. The lowest BCUT2D eigenvalue weighted by atomic mass is 10.1. The number of rotatable bonds is 4. The van der Waals surface area contributed by atoms with E-state index in [1.54, 1.807) is 0 Å². The third-order valence-corrected chi connectivity index (χ3v) is 4.16. The molecule has 2 aliphatic rings. The lowest BCUT2D eigenvalue weighted by Crippen LogP contribution is -2.42. The minimum Gasteiger partial charge on any atom is -0.334 e. The summed E-state index contributed by atoms with van der Waals surface area (Å²) >= 11 is 0. The molecule has 1 saturated heterocycles. The average Bonchev–Trinajstić information content (AvgIpc) is 3.15. The Morgan fingerprint density at radius 2 is 2.15 bits per heavy atom. The highest BCUT2D eigenvalue weighted by Crippen LogP contribution is 2.29. The molecule has 1 aromatic heterocycles. The van der Waals surface area contributed by atoms with E-state index in [0.717, 1.165) is 37.3 Å². The van der Waals surface area contributed by atoms with Gasteiger partial charge < -0.3 is 10.2 Å². The zero-order valence-electron chi connectivity index (χ0n) is 12.2. The van der Waals surface area contributed by atoms with E-state index in [1.165, 1.54) is 12.8 Å². The average molecular weight is 274 g/mol. The summed E-state index contributed by atoms with van der Waals surface area (Å²) < 4.78 is 0. The first kappa shape index (κ1) is 13.5. The molecular weight excluding hydrogens is 252 g/mol. The van der Waals surface area contributed by atoms with Crippen LogP contribution in [0.5, 0.6) is 0 Å². The van der Waals surface area contributed by atoms with Crippen LogP contribution in [0.15, 0.2) is 6.07 Å². The van der Waals surface area contributed by atoms with Gasteiger partial charge in [0.1, 0.15) is 0 Å². The SMILES string of the molecule is Cc1cc(C(=O)N(CC2CCCN2)C2CC2)c(C)nn1. The number of aromatic nitrogens is 2. The van der Waals surface area contributed by atoms with Crippen LogP contribution >= 0.6 is 0 Å². The van der Waals surface area contributed by atoms with Crippen molar-refractivity contribution in [2.24, 2.45) is 0 Å². The summed E-state index contributed by atoms with van der Waals surface area (Å²) in [7, 11) is 0. The van der Waals surface area contributed by atoms with Gasteiger partial charge in [-0.3, -0.25) is 4.79 Å². The molecular formula is C15H22N4O. The summed E-state index contributed by atoms with van der Waals surface area (Å²) in [6.07, 6.45) is 4.65. The minimum atomic E-state index is 0.122. The molecule has 0 radical (unpaired) electrons. The number of nitrogens with one attached hydrogen (secondary N) is 1. The fourth-order valence-electron chi connectivity index (χ4n) is 2.86. The second-order valence-corrected chi connectivity index (χ2v) is 5.97. The lowest BCUT2D eigenvalue weighted by molar-refractivity contribution is 0.0727. The number of aryl methyl sites for hydroxylation is 2. The van der Waals surface area contributed by atoms with Gasteiger partial charge in [0.15, 0.2) is 0 Å². The van der Waals surface area contributed by atoms with Crippen molar-refractivity contribution in [1.29, 1.82) is 0 Å². The predicted octanol–water partition coefficient (Wildman–Crippen LogP) is 1.45. The van der Waals surface area contributed by atoms with Crippen molar-refractivity contribution in [3.63, 3.8) is 0 Å². The first-order chi connectivity index (χ1) is 9.65. The lowest BCUT2D eigenvalue weighted by Gasteiger charge is -2.26. The number of nitrogens with zero attached hydrogens (tertiary/aromatic N) is 3. The van der Waals surface area contributed by atoms with Crippen LogP contribution < -0.4 is 5.32 Å². The van der Waals surface area contributed by atoms with Crippen molar-refractivity contribution in [2.75, 3.05) is 13.1 Å². The van der Waals surface area contributed by atoms with E-state index < -0.39 is 0 Å². The van der Waals surface area contributed by atoms with Crippen LogP contribution in [0, 0.1) is 13.8 Å². The fourth-order valence-corrected chi connectivity index (χ4v) is 2.86. The topological polar surface area (TPSA) is 58.1 Å². The highest BCUT2D eigenvalue weighted by atomic mass is 16.2. The molecule has 5 heteroatoms. The van der Waals surface area contributed by atoms with Gasteiger partial charge in [0, 0.05) is 18.6 Å². The second-order valence-electron chi connectivity index (χ2n) is 5.97. The van der Waals surface area contributed by atoms with Gasteiger partial charge in [-0.2, -0.15) is 10.2 Å². The van der Waals surface area contributed by atoms with E-state index in [0.29, 0.717) is 17.6 Å². The van der Waals surface area contributed by atoms with Crippen LogP contribution in [0.3, 0.4) is 0 Å². The number of hydrogen-bond donors (Lipinski definition) is 1. The largest absolute Gasteiger partial charge is 0.334 e. The van der Waals surface area contributed by atoms with Crippen molar-refractivity contribution in [3.8, 4) is 0 Å². The third kappa shape index (κ3) is 2.82. The Hall–Kier alpha value is -1.49. The van der Waals surface area contributed by atoms with Gasteiger partial charge in [-0.25, -0.2) is 0 Å². The molecule has 1 saturated carbocycles. The zero-order valence-corrected chi connectivity index (χ0v) is 12.2. The summed E-state index contributed by atoms with van der Waals surface area (Å²) in [6.45, 7) is 5.64. The Bertz CT molecular complexity index is 507. The zero-order chi connectivity index (χ0) is 14.1. The minimum absolute atomic E-state index is 0.122. The molecule has 2 fully saturated rings. The molecule has 0 bridgehead atoms. The molecule has 1 N–H and O–H groups in total. The molecule has 108 valence electrons. The molecule has 0 spiro atoms. The molecule has 2 heterocycles. The van der Waals surface area contributed by atoms with Crippen molar-refractivity contribution in [3.05, 3.63) is 23.0 Å². The standard InChI is InChI=1S/C15H22N4O/c1-10-8-14(11(2)18-17-10)15(20)19(13-5-6-13)9-12-4-3-7-16-12/h8,12-13,16H,3-7,9H2,1-2H3. The highest BCUT2D eigenvalue weighted by molar-refractivity contribution is 5.95. The van der Waals surface area contributed by atoms with Crippen LogP contribution in [0.4, 0.5) is 0 Å². The molecule has 3 rings (SSSR count). The number of amides is 1. The number of carbonyl (C=O) groups excluding carboxylic acids is 1. The third-order valence-electron chi connectivity index (χ3n) is 4.16. The maximum Gasteiger partial charge on any atom is 0.256 e. The summed E-state index contributed by atoms with van der Waals surface area (Å²) in [5, 5.41) is 11.6. The molecule has 1 aromatic rings. The summed E-state index contributed by atoms with van der Waals surface area (Å²) in [6, 6.07) is 2.75.